The lowest BCUT2D eigenvalue weighted by Crippen LogP contribution is -2.42. The topological polar surface area (TPSA) is 45.2 Å². The Labute approximate surface area is 115 Å². The summed E-state index contributed by atoms with van der Waals surface area (Å²) in [7, 11) is 0. The van der Waals surface area contributed by atoms with Crippen LogP contribution < -0.4 is 5.32 Å². The summed E-state index contributed by atoms with van der Waals surface area (Å²) in [6, 6.07) is 1.69. The highest BCUT2D eigenvalue weighted by molar-refractivity contribution is 6.32. The van der Waals surface area contributed by atoms with E-state index < -0.39 is 5.82 Å². The van der Waals surface area contributed by atoms with Gasteiger partial charge in [-0.3, -0.25) is 9.69 Å². The third-order valence-corrected chi connectivity index (χ3v) is 4.27. The molecule has 2 aliphatic heterocycles. The number of aromatic nitrogens is 1. The average Bonchev–Trinajstić information content (AvgIpc) is 2.97. The van der Waals surface area contributed by atoms with Gasteiger partial charge in [0.15, 0.2) is 0 Å². The molecule has 1 aromatic heterocycles. The van der Waals surface area contributed by atoms with Crippen LogP contribution in [-0.4, -0.2) is 41.0 Å². The van der Waals surface area contributed by atoms with Gasteiger partial charge >= 0.3 is 0 Å². The molecule has 19 heavy (non-hydrogen) atoms. The molecule has 0 saturated carbocycles. The Morgan fingerprint density at radius 1 is 1.47 bits per heavy atom. The van der Waals surface area contributed by atoms with Crippen LogP contribution in [0.2, 0.25) is 5.15 Å². The molecule has 0 radical (unpaired) electrons. The van der Waals surface area contributed by atoms with Crippen molar-refractivity contribution < 1.29 is 9.18 Å². The highest BCUT2D eigenvalue weighted by atomic mass is 35.5. The second-order valence-corrected chi connectivity index (χ2v) is 5.46. The molecular formula is C13H15ClFN3O. The van der Waals surface area contributed by atoms with Crippen molar-refractivity contribution in [3.05, 3.63) is 28.8 Å². The van der Waals surface area contributed by atoms with Gasteiger partial charge in [0.1, 0.15) is 11.0 Å². The van der Waals surface area contributed by atoms with Gasteiger partial charge in [-0.2, -0.15) is 0 Å². The molecule has 0 aliphatic carbocycles. The van der Waals surface area contributed by atoms with Gasteiger partial charge < -0.3 is 5.32 Å². The lowest BCUT2D eigenvalue weighted by atomic mass is 10.1. The molecule has 1 N–H and O–H groups in total. The van der Waals surface area contributed by atoms with Crippen molar-refractivity contribution in [2.24, 2.45) is 0 Å². The van der Waals surface area contributed by atoms with Crippen LogP contribution in [0.3, 0.4) is 0 Å². The molecule has 0 spiro atoms. The number of halogens is 2. The lowest BCUT2D eigenvalue weighted by Gasteiger charge is -2.21. The van der Waals surface area contributed by atoms with Crippen molar-refractivity contribution in [1.29, 1.82) is 0 Å². The number of nitrogens with one attached hydrogen (secondary N) is 1. The van der Waals surface area contributed by atoms with Crippen molar-refractivity contribution in [2.75, 3.05) is 13.1 Å². The van der Waals surface area contributed by atoms with Crippen molar-refractivity contribution in [1.82, 2.24) is 15.2 Å². The van der Waals surface area contributed by atoms with E-state index in [1.807, 2.05) is 0 Å². The molecule has 6 heteroatoms. The molecule has 3 heterocycles. The van der Waals surface area contributed by atoms with E-state index in [0.717, 1.165) is 38.2 Å². The zero-order valence-electron chi connectivity index (χ0n) is 10.4. The maximum Gasteiger partial charge on any atom is 0.254 e. The summed E-state index contributed by atoms with van der Waals surface area (Å²) in [5.74, 6) is -0.890. The minimum absolute atomic E-state index is 0.0418. The van der Waals surface area contributed by atoms with E-state index in [4.69, 9.17) is 11.6 Å². The predicted molar refractivity (Wildman–Crippen MR) is 69.7 cm³/mol. The smallest absolute Gasteiger partial charge is 0.254 e. The van der Waals surface area contributed by atoms with Gasteiger partial charge in [-0.05, 0) is 31.9 Å². The molecule has 2 aliphatic rings. The van der Waals surface area contributed by atoms with Crippen molar-refractivity contribution in [3.8, 4) is 0 Å². The molecule has 1 amide bonds. The molecule has 3 rings (SSSR count). The molecule has 0 aromatic carbocycles. The summed E-state index contributed by atoms with van der Waals surface area (Å²) in [6.45, 7) is 2.13. The van der Waals surface area contributed by atoms with E-state index in [2.05, 4.69) is 15.2 Å². The number of hydrogen-bond donors (Lipinski definition) is 1. The number of hydrogen-bond acceptors (Lipinski definition) is 3. The number of nitrogens with zero attached hydrogens (tertiary/aromatic N) is 2. The molecular weight excluding hydrogens is 269 g/mol. The molecule has 0 bridgehead atoms. The third-order valence-electron chi connectivity index (χ3n) is 3.97. The fraction of sp³-hybridized carbons (Fsp3) is 0.538. The number of carbonyl (C=O) groups is 1. The lowest BCUT2D eigenvalue weighted by molar-refractivity contribution is 0.0929. The zero-order chi connectivity index (χ0) is 13.4. The van der Waals surface area contributed by atoms with E-state index in [0.29, 0.717) is 6.04 Å². The minimum Gasteiger partial charge on any atom is -0.348 e. The molecule has 2 saturated heterocycles. The van der Waals surface area contributed by atoms with E-state index in [9.17, 15) is 9.18 Å². The maximum atomic E-state index is 13.1. The zero-order valence-corrected chi connectivity index (χ0v) is 11.2. The van der Waals surface area contributed by atoms with Crippen molar-refractivity contribution >= 4 is 17.5 Å². The van der Waals surface area contributed by atoms with Crippen LogP contribution in [0.15, 0.2) is 12.3 Å². The molecule has 2 atom stereocenters. The normalized spacial score (nSPS) is 26.4. The standard InChI is InChI=1S/C13H15ClFN3O/c14-12-9(6-8(15)7-16-12)13(19)17-10-3-5-18-4-1-2-11(10)18/h6-7,10-11H,1-5H2,(H,17,19). The molecule has 2 unspecified atom stereocenters. The maximum absolute atomic E-state index is 13.1. The quantitative estimate of drug-likeness (QED) is 0.843. The third kappa shape index (κ3) is 2.44. The Kier molecular flexibility index (Phi) is 3.41. The number of pyridine rings is 1. The number of carbonyl (C=O) groups excluding carboxylic acids is 1. The van der Waals surface area contributed by atoms with E-state index in [1.165, 1.54) is 6.42 Å². The highest BCUT2D eigenvalue weighted by Gasteiger charge is 2.38. The van der Waals surface area contributed by atoms with Crippen molar-refractivity contribution in [2.45, 2.75) is 31.3 Å². The second kappa shape index (κ2) is 5.06. The van der Waals surface area contributed by atoms with Crippen LogP contribution in [0.4, 0.5) is 4.39 Å². The van der Waals surface area contributed by atoms with Crippen LogP contribution in [0.1, 0.15) is 29.6 Å². The van der Waals surface area contributed by atoms with Crippen LogP contribution in [-0.2, 0) is 0 Å². The van der Waals surface area contributed by atoms with Gasteiger partial charge in [-0.1, -0.05) is 11.6 Å². The number of fused-ring (bicyclic) bond motifs is 1. The van der Waals surface area contributed by atoms with E-state index in [-0.39, 0.29) is 22.7 Å². The van der Waals surface area contributed by atoms with Gasteiger partial charge in [0.2, 0.25) is 0 Å². The predicted octanol–water partition coefficient (Wildman–Crippen LogP) is 1.84. The van der Waals surface area contributed by atoms with Crippen molar-refractivity contribution in [3.63, 3.8) is 0 Å². The Hall–Kier alpha value is -1.20. The van der Waals surface area contributed by atoms with Gasteiger partial charge in [0, 0.05) is 18.6 Å². The molecule has 102 valence electrons. The van der Waals surface area contributed by atoms with Gasteiger partial charge in [-0.25, -0.2) is 9.37 Å². The highest BCUT2D eigenvalue weighted by Crippen LogP contribution is 2.28. The Morgan fingerprint density at radius 2 is 2.32 bits per heavy atom. The SMILES string of the molecule is O=C(NC1CCN2CCCC12)c1cc(F)cnc1Cl. The number of amides is 1. The van der Waals surface area contributed by atoms with Gasteiger partial charge in [0.05, 0.1) is 11.8 Å². The fourth-order valence-corrected chi connectivity index (χ4v) is 3.27. The Morgan fingerprint density at radius 3 is 3.16 bits per heavy atom. The first-order chi connectivity index (χ1) is 9.15. The van der Waals surface area contributed by atoms with Crippen LogP contribution >= 0.6 is 11.6 Å². The first kappa shape index (κ1) is 12.8. The summed E-state index contributed by atoms with van der Waals surface area (Å²) in [6.07, 6.45) is 4.24. The Bertz CT molecular complexity index is 511. The number of rotatable bonds is 2. The van der Waals surface area contributed by atoms with E-state index in [1.54, 1.807) is 0 Å². The minimum atomic E-state index is -0.552. The van der Waals surface area contributed by atoms with Crippen LogP contribution in [0.5, 0.6) is 0 Å². The molecule has 4 nitrogen and oxygen atoms in total. The second-order valence-electron chi connectivity index (χ2n) is 5.11. The largest absolute Gasteiger partial charge is 0.348 e. The molecule has 1 aromatic rings. The average molecular weight is 284 g/mol. The summed E-state index contributed by atoms with van der Waals surface area (Å²) < 4.78 is 13.1. The van der Waals surface area contributed by atoms with Crippen LogP contribution in [0.25, 0.3) is 0 Å². The summed E-state index contributed by atoms with van der Waals surface area (Å²) in [5.41, 5.74) is 0.109. The first-order valence-electron chi connectivity index (χ1n) is 6.51. The summed E-state index contributed by atoms with van der Waals surface area (Å²) >= 11 is 5.84. The monoisotopic (exact) mass is 283 g/mol. The van der Waals surface area contributed by atoms with Crippen LogP contribution in [0, 0.1) is 5.82 Å². The summed E-state index contributed by atoms with van der Waals surface area (Å²) in [4.78, 5) is 18.2. The Balaban J connectivity index is 1.73. The molecule has 2 fully saturated rings. The van der Waals surface area contributed by atoms with Gasteiger partial charge in [0.25, 0.3) is 5.91 Å². The van der Waals surface area contributed by atoms with E-state index >= 15 is 0 Å². The van der Waals surface area contributed by atoms with Gasteiger partial charge in [-0.15, -0.1) is 0 Å². The summed E-state index contributed by atoms with van der Waals surface area (Å²) in [5, 5.41) is 3.00. The fourth-order valence-electron chi connectivity index (χ4n) is 3.08. The first-order valence-corrected chi connectivity index (χ1v) is 6.89.